The average molecular weight is 361 g/mol. The number of rotatable bonds is 5. The standard InChI is InChI=1S/C24H27NO2/c1-15(2)17-9-11-19(12-10-17)23(25-24(27)16(3)4)22-20-8-6-5-7-18(20)13-14-21(22)26/h5-16,23,26H,1-4H3,(H,25,27). The zero-order valence-electron chi connectivity index (χ0n) is 16.4. The van der Waals surface area contributed by atoms with Gasteiger partial charge >= 0.3 is 0 Å². The lowest BCUT2D eigenvalue weighted by Gasteiger charge is -2.24. The van der Waals surface area contributed by atoms with Gasteiger partial charge in [-0.3, -0.25) is 4.79 Å². The largest absolute Gasteiger partial charge is 0.508 e. The molecule has 0 heterocycles. The Balaban J connectivity index is 2.16. The normalized spacial score (nSPS) is 12.5. The summed E-state index contributed by atoms with van der Waals surface area (Å²) >= 11 is 0. The van der Waals surface area contributed by atoms with E-state index < -0.39 is 6.04 Å². The maximum atomic E-state index is 12.5. The molecule has 140 valence electrons. The van der Waals surface area contributed by atoms with E-state index in [-0.39, 0.29) is 17.6 Å². The number of benzene rings is 3. The van der Waals surface area contributed by atoms with Crippen molar-refractivity contribution in [3.63, 3.8) is 0 Å². The van der Waals surface area contributed by atoms with Gasteiger partial charge in [0.25, 0.3) is 0 Å². The predicted molar refractivity (Wildman–Crippen MR) is 111 cm³/mol. The highest BCUT2D eigenvalue weighted by molar-refractivity contribution is 5.89. The van der Waals surface area contributed by atoms with E-state index in [9.17, 15) is 9.90 Å². The molecular weight excluding hydrogens is 334 g/mol. The first-order chi connectivity index (χ1) is 12.9. The third-order valence-electron chi connectivity index (χ3n) is 4.98. The summed E-state index contributed by atoms with van der Waals surface area (Å²) in [5.41, 5.74) is 2.94. The molecule has 0 bridgehead atoms. The van der Waals surface area contributed by atoms with Gasteiger partial charge in [-0.05, 0) is 33.9 Å². The molecule has 0 saturated heterocycles. The molecule has 3 aromatic carbocycles. The molecule has 3 nitrogen and oxygen atoms in total. The molecule has 27 heavy (non-hydrogen) atoms. The Bertz CT molecular complexity index is 942. The first-order valence-electron chi connectivity index (χ1n) is 9.49. The van der Waals surface area contributed by atoms with Gasteiger partial charge in [0.2, 0.25) is 5.91 Å². The monoisotopic (exact) mass is 361 g/mol. The van der Waals surface area contributed by atoms with Crippen LogP contribution in [0.3, 0.4) is 0 Å². The van der Waals surface area contributed by atoms with Gasteiger partial charge in [-0.1, -0.05) is 82.3 Å². The second kappa shape index (κ2) is 7.83. The first-order valence-corrected chi connectivity index (χ1v) is 9.49. The number of hydrogen-bond donors (Lipinski definition) is 2. The maximum Gasteiger partial charge on any atom is 0.223 e. The Morgan fingerprint density at radius 3 is 2.11 bits per heavy atom. The number of fused-ring (bicyclic) bond motifs is 1. The van der Waals surface area contributed by atoms with Crippen LogP contribution in [0, 0.1) is 5.92 Å². The van der Waals surface area contributed by atoms with Crippen molar-refractivity contribution < 1.29 is 9.90 Å². The molecule has 1 unspecified atom stereocenters. The predicted octanol–water partition coefficient (Wildman–Crippen LogP) is 5.53. The highest BCUT2D eigenvalue weighted by Crippen LogP contribution is 2.36. The molecule has 0 aliphatic rings. The van der Waals surface area contributed by atoms with Gasteiger partial charge in [-0.15, -0.1) is 0 Å². The molecule has 0 aliphatic carbocycles. The molecule has 1 atom stereocenters. The molecule has 1 amide bonds. The minimum atomic E-state index is -0.410. The van der Waals surface area contributed by atoms with Gasteiger partial charge in [-0.25, -0.2) is 0 Å². The van der Waals surface area contributed by atoms with E-state index in [1.54, 1.807) is 6.07 Å². The zero-order valence-corrected chi connectivity index (χ0v) is 16.4. The molecule has 0 saturated carbocycles. The van der Waals surface area contributed by atoms with Crippen molar-refractivity contribution in [3.05, 3.63) is 77.4 Å². The number of carbonyl (C=O) groups excluding carboxylic acids is 1. The smallest absolute Gasteiger partial charge is 0.223 e. The van der Waals surface area contributed by atoms with Crippen LogP contribution in [0.15, 0.2) is 60.7 Å². The quantitative estimate of drug-likeness (QED) is 0.628. The fourth-order valence-electron chi connectivity index (χ4n) is 3.29. The lowest BCUT2D eigenvalue weighted by Crippen LogP contribution is -2.32. The number of nitrogens with one attached hydrogen (secondary N) is 1. The molecule has 0 aliphatic heterocycles. The summed E-state index contributed by atoms with van der Waals surface area (Å²) in [5.74, 6) is 0.448. The van der Waals surface area contributed by atoms with E-state index in [1.165, 1.54) is 5.56 Å². The van der Waals surface area contributed by atoms with Crippen molar-refractivity contribution in [3.8, 4) is 5.75 Å². The highest BCUT2D eigenvalue weighted by Gasteiger charge is 2.23. The summed E-state index contributed by atoms with van der Waals surface area (Å²) in [6.07, 6.45) is 0. The Kier molecular flexibility index (Phi) is 5.50. The molecule has 3 aromatic rings. The first kappa shape index (κ1) is 19.0. The van der Waals surface area contributed by atoms with E-state index in [0.29, 0.717) is 5.92 Å². The van der Waals surface area contributed by atoms with Crippen LogP contribution in [0.4, 0.5) is 0 Å². The Labute approximate surface area is 161 Å². The Morgan fingerprint density at radius 1 is 0.852 bits per heavy atom. The minimum Gasteiger partial charge on any atom is -0.508 e. The summed E-state index contributed by atoms with van der Waals surface area (Å²) in [6, 6.07) is 19.4. The van der Waals surface area contributed by atoms with Gasteiger partial charge in [-0.2, -0.15) is 0 Å². The van der Waals surface area contributed by atoms with Crippen molar-refractivity contribution in [1.29, 1.82) is 0 Å². The van der Waals surface area contributed by atoms with Crippen molar-refractivity contribution in [1.82, 2.24) is 5.32 Å². The molecule has 0 aromatic heterocycles. The summed E-state index contributed by atoms with van der Waals surface area (Å²) in [6.45, 7) is 8.06. The van der Waals surface area contributed by atoms with Gasteiger partial charge in [0.1, 0.15) is 5.75 Å². The highest BCUT2D eigenvalue weighted by atomic mass is 16.3. The summed E-state index contributed by atoms with van der Waals surface area (Å²) in [5, 5.41) is 15.8. The average Bonchev–Trinajstić information content (AvgIpc) is 2.66. The van der Waals surface area contributed by atoms with Gasteiger partial charge in [0, 0.05) is 11.5 Å². The van der Waals surface area contributed by atoms with Crippen molar-refractivity contribution in [2.45, 2.75) is 39.7 Å². The lowest BCUT2D eigenvalue weighted by molar-refractivity contribution is -0.124. The van der Waals surface area contributed by atoms with Crippen LogP contribution in [0.1, 0.15) is 56.3 Å². The lowest BCUT2D eigenvalue weighted by atomic mass is 9.91. The minimum absolute atomic E-state index is 0.0414. The zero-order chi connectivity index (χ0) is 19.6. The molecule has 0 fully saturated rings. The van der Waals surface area contributed by atoms with Crippen LogP contribution in [-0.4, -0.2) is 11.0 Å². The van der Waals surface area contributed by atoms with Crippen LogP contribution in [-0.2, 0) is 4.79 Å². The number of phenolic OH excluding ortho intramolecular Hbond substituents is 1. The molecule has 2 N–H and O–H groups in total. The second-order valence-corrected chi connectivity index (χ2v) is 7.64. The molecule has 0 spiro atoms. The van der Waals surface area contributed by atoms with Crippen LogP contribution >= 0.6 is 0 Å². The van der Waals surface area contributed by atoms with E-state index in [4.69, 9.17) is 0 Å². The molecule has 3 rings (SSSR count). The van der Waals surface area contributed by atoms with Crippen LogP contribution in [0.5, 0.6) is 5.75 Å². The van der Waals surface area contributed by atoms with E-state index in [1.807, 2.05) is 56.3 Å². The van der Waals surface area contributed by atoms with Crippen LogP contribution < -0.4 is 5.32 Å². The van der Waals surface area contributed by atoms with Gasteiger partial charge in [0.15, 0.2) is 0 Å². The van der Waals surface area contributed by atoms with Crippen LogP contribution in [0.2, 0.25) is 0 Å². The number of aromatic hydroxyl groups is 1. The van der Waals surface area contributed by atoms with Crippen LogP contribution in [0.25, 0.3) is 10.8 Å². The second-order valence-electron chi connectivity index (χ2n) is 7.64. The third-order valence-corrected chi connectivity index (χ3v) is 4.98. The van der Waals surface area contributed by atoms with Crippen molar-refractivity contribution in [2.24, 2.45) is 5.92 Å². The SMILES string of the molecule is CC(C)C(=O)NC(c1ccc(C(C)C)cc1)c1c(O)ccc2ccccc12. The summed E-state index contributed by atoms with van der Waals surface area (Å²) in [4.78, 5) is 12.5. The van der Waals surface area contributed by atoms with E-state index in [0.717, 1.165) is 21.9 Å². The van der Waals surface area contributed by atoms with E-state index in [2.05, 4.69) is 31.3 Å². The van der Waals surface area contributed by atoms with E-state index >= 15 is 0 Å². The fraction of sp³-hybridized carbons (Fsp3) is 0.292. The van der Waals surface area contributed by atoms with Crippen molar-refractivity contribution in [2.75, 3.05) is 0 Å². The topological polar surface area (TPSA) is 49.3 Å². The Morgan fingerprint density at radius 2 is 1.48 bits per heavy atom. The fourth-order valence-corrected chi connectivity index (χ4v) is 3.29. The third kappa shape index (κ3) is 3.97. The number of hydrogen-bond acceptors (Lipinski definition) is 2. The molecule has 3 heteroatoms. The Hall–Kier alpha value is -2.81. The molecule has 0 radical (unpaired) electrons. The number of carbonyl (C=O) groups is 1. The molecular formula is C24H27NO2. The number of phenols is 1. The summed E-state index contributed by atoms with van der Waals surface area (Å²) < 4.78 is 0. The maximum absolute atomic E-state index is 12.5. The van der Waals surface area contributed by atoms with Gasteiger partial charge in [0.05, 0.1) is 6.04 Å². The summed E-state index contributed by atoms with van der Waals surface area (Å²) in [7, 11) is 0. The van der Waals surface area contributed by atoms with Gasteiger partial charge < -0.3 is 10.4 Å². The van der Waals surface area contributed by atoms with Crippen molar-refractivity contribution >= 4 is 16.7 Å². The number of amides is 1.